The van der Waals surface area contributed by atoms with Gasteiger partial charge in [-0.25, -0.2) is 4.39 Å². The van der Waals surface area contributed by atoms with Gasteiger partial charge in [0.15, 0.2) is 0 Å². The average molecular weight is 260 g/mol. The zero-order chi connectivity index (χ0) is 14.0. The molecule has 0 saturated heterocycles. The Morgan fingerprint density at radius 1 is 1.37 bits per heavy atom. The summed E-state index contributed by atoms with van der Waals surface area (Å²) < 4.78 is 13.9. The molecule has 19 heavy (non-hydrogen) atoms. The molecule has 0 aliphatic heterocycles. The minimum absolute atomic E-state index is 0.120. The van der Waals surface area contributed by atoms with E-state index in [0.717, 1.165) is 22.2 Å². The normalized spacial score (nSPS) is 12.7. The molecular weight excluding hydrogens is 243 g/mol. The Morgan fingerprint density at radius 3 is 2.74 bits per heavy atom. The Morgan fingerprint density at radius 2 is 2.11 bits per heavy atom. The van der Waals surface area contributed by atoms with E-state index in [4.69, 9.17) is 5.53 Å². The summed E-state index contributed by atoms with van der Waals surface area (Å²) in [5.74, 6) is -0.0435. The van der Waals surface area contributed by atoms with E-state index in [9.17, 15) is 4.39 Å². The lowest BCUT2D eigenvalue weighted by molar-refractivity contribution is 0.602. The van der Waals surface area contributed by atoms with E-state index in [0.29, 0.717) is 6.42 Å². The van der Waals surface area contributed by atoms with Crippen molar-refractivity contribution < 1.29 is 4.39 Å². The zero-order valence-corrected chi connectivity index (χ0v) is 11.3. The van der Waals surface area contributed by atoms with Crippen LogP contribution in [0.25, 0.3) is 21.3 Å². The molecule has 0 bridgehead atoms. The molecule has 1 unspecified atom stereocenters. The van der Waals surface area contributed by atoms with Gasteiger partial charge in [0.05, 0.1) is 0 Å². The van der Waals surface area contributed by atoms with Gasteiger partial charge in [-0.2, -0.15) is 0 Å². The first-order valence-electron chi connectivity index (χ1n) is 6.37. The predicted molar refractivity (Wildman–Crippen MR) is 74.7 cm³/mol. The summed E-state index contributed by atoms with van der Waals surface area (Å²) in [6, 6.07) is 5.08. The fourth-order valence-corrected chi connectivity index (χ4v) is 2.40. The summed E-state index contributed by atoms with van der Waals surface area (Å²) >= 11 is 0. The molecule has 0 radical (unpaired) electrons. The number of benzene rings is 1. The van der Waals surface area contributed by atoms with E-state index in [1.54, 1.807) is 6.07 Å². The molecule has 2 rings (SSSR count). The minimum Gasteiger partial charge on any atom is -0.358 e. The molecule has 1 aromatic carbocycles. The SMILES string of the molecule is CC(Cc1cc2c(C(C)C)c(F)ccc2[nH]1)N=[N+]=[N-]. The molecule has 1 aromatic heterocycles. The van der Waals surface area contributed by atoms with Crippen LogP contribution >= 0.6 is 0 Å². The lowest BCUT2D eigenvalue weighted by Crippen LogP contribution is -2.01. The van der Waals surface area contributed by atoms with Gasteiger partial charge in [-0.3, -0.25) is 0 Å². The highest BCUT2D eigenvalue weighted by atomic mass is 19.1. The fraction of sp³-hybridized carbons (Fsp3) is 0.429. The minimum atomic E-state index is -0.170. The summed E-state index contributed by atoms with van der Waals surface area (Å²) in [4.78, 5) is 6.05. The Bertz CT molecular complexity index is 638. The maximum absolute atomic E-state index is 13.9. The molecule has 100 valence electrons. The number of rotatable bonds is 4. The molecule has 0 aliphatic rings. The smallest absolute Gasteiger partial charge is 0.127 e. The zero-order valence-electron chi connectivity index (χ0n) is 11.3. The molecule has 0 fully saturated rings. The number of nitrogens with one attached hydrogen (secondary N) is 1. The van der Waals surface area contributed by atoms with Crippen LogP contribution in [0.15, 0.2) is 23.3 Å². The number of nitrogens with zero attached hydrogens (tertiary/aromatic N) is 3. The lowest BCUT2D eigenvalue weighted by atomic mass is 9.98. The molecular formula is C14H17FN4. The van der Waals surface area contributed by atoms with Crippen LogP contribution in [0.5, 0.6) is 0 Å². The summed E-state index contributed by atoms with van der Waals surface area (Å²) in [5, 5.41) is 4.57. The maximum Gasteiger partial charge on any atom is 0.127 e. The van der Waals surface area contributed by atoms with Crippen LogP contribution in [0.3, 0.4) is 0 Å². The molecule has 0 spiro atoms. The lowest BCUT2D eigenvalue weighted by Gasteiger charge is -2.08. The van der Waals surface area contributed by atoms with E-state index in [-0.39, 0.29) is 17.8 Å². The number of hydrogen-bond acceptors (Lipinski definition) is 1. The van der Waals surface area contributed by atoms with Gasteiger partial charge in [-0.15, -0.1) is 0 Å². The second-order valence-electron chi connectivity index (χ2n) is 5.13. The molecule has 0 amide bonds. The van der Waals surface area contributed by atoms with Gasteiger partial charge in [0.2, 0.25) is 0 Å². The van der Waals surface area contributed by atoms with Crippen molar-refractivity contribution in [2.45, 2.75) is 39.2 Å². The highest BCUT2D eigenvalue weighted by molar-refractivity contribution is 5.84. The summed E-state index contributed by atoms with van der Waals surface area (Å²) in [5.41, 5.74) is 11.0. The van der Waals surface area contributed by atoms with Crippen LogP contribution in [0.2, 0.25) is 0 Å². The second kappa shape index (κ2) is 5.33. The maximum atomic E-state index is 13.9. The van der Waals surface area contributed by atoms with Crippen LogP contribution in [-0.4, -0.2) is 11.0 Å². The number of aromatic nitrogens is 1. The first-order valence-corrected chi connectivity index (χ1v) is 6.37. The fourth-order valence-electron chi connectivity index (χ4n) is 2.40. The first-order chi connectivity index (χ1) is 9.02. The summed E-state index contributed by atoms with van der Waals surface area (Å²) in [6.45, 7) is 5.81. The number of halogens is 1. The van der Waals surface area contributed by atoms with Crippen molar-refractivity contribution in [2.24, 2.45) is 5.11 Å². The van der Waals surface area contributed by atoms with Crippen molar-refractivity contribution in [3.63, 3.8) is 0 Å². The summed E-state index contributed by atoms with van der Waals surface area (Å²) in [7, 11) is 0. The third-order valence-electron chi connectivity index (χ3n) is 3.19. The van der Waals surface area contributed by atoms with Crippen LogP contribution in [0.1, 0.15) is 37.9 Å². The predicted octanol–water partition coefficient (Wildman–Crippen LogP) is 4.67. The Kier molecular flexibility index (Phi) is 3.76. The number of aromatic amines is 1. The highest BCUT2D eigenvalue weighted by Crippen LogP contribution is 2.29. The topological polar surface area (TPSA) is 64.5 Å². The Balaban J connectivity index is 2.45. The first kappa shape index (κ1) is 13.4. The van der Waals surface area contributed by atoms with E-state index in [1.165, 1.54) is 6.07 Å². The Labute approximate surface area is 111 Å². The van der Waals surface area contributed by atoms with Gasteiger partial charge in [-0.05, 0) is 41.6 Å². The Hall–Kier alpha value is -2.00. The monoisotopic (exact) mass is 260 g/mol. The van der Waals surface area contributed by atoms with E-state index in [1.807, 2.05) is 26.8 Å². The third-order valence-corrected chi connectivity index (χ3v) is 3.19. The quantitative estimate of drug-likeness (QED) is 0.471. The van der Waals surface area contributed by atoms with E-state index >= 15 is 0 Å². The van der Waals surface area contributed by atoms with Crippen LogP contribution in [-0.2, 0) is 6.42 Å². The van der Waals surface area contributed by atoms with Gasteiger partial charge in [0.25, 0.3) is 0 Å². The van der Waals surface area contributed by atoms with Crippen molar-refractivity contribution >= 4 is 10.9 Å². The molecule has 1 N–H and O–H groups in total. The molecule has 2 aromatic rings. The molecule has 1 heterocycles. The number of fused-ring (bicyclic) bond motifs is 1. The van der Waals surface area contributed by atoms with Gasteiger partial charge < -0.3 is 4.98 Å². The van der Waals surface area contributed by atoms with Gasteiger partial charge in [-0.1, -0.05) is 25.9 Å². The molecule has 0 aliphatic carbocycles. The van der Waals surface area contributed by atoms with Crippen molar-refractivity contribution in [2.75, 3.05) is 0 Å². The van der Waals surface area contributed by atoms with Gasteiger partial charge in [0, 0.05) is 27.6 Å². The number of azide groups is 1. The largest absolute Gasteiger partial charge is 0.358 e. The van der Waals surface area contributed by atoms with Crippen LogP contribution in [0, 0.1) is 5.82 Å². The van der Waals surface area contributed by atoms with Gasteiger partial charge in [0.1, 0.15) is 5.82 Å². The van der Waals surface area contributed by atoms with Crippen LogP contribution < -0.4 is 0 Å². The highest BCUT2D eigenvalue weighted by Gasteiger charge is 2.14. The van der Waals surface area contributed by atoms with Crippen LogP contribution in [0.4, 0.5) is 4.39 Å². The van der Waals surface area contributed by atoms with E-state index in [2.05, 4.69) is 15.0 Å². The van der Waals surface area contributed by atoms with Crippen molar-refractivity contribution in [1.82, 2.24) is 4.98 Å². The second-order valence-corrected chi connectivity index (χ2v) is 5.13. The standard InChI is InChI=1S/C14H17FN4/c1-8(2)14-11-7-10(6-9(3)18-19-16)17-13(11)5-4-12(14)15/h4-5,7-9,17H,6H2,1-3H3. The third kappa shape index (κ3) is 2.71. The number of H-pyrrole nitrogens is 1. The van der Waals surface area contributed by atoms with Crippen molar-refractivity contribution in [3.8, 4) is 0 Å². The molecule has 4 nitrogen and oxygen atoms in total. The summed E-state index contributed by atoms with van der Waals surface area (Å²) in [6.07, 6.45) is 0.623. The molecule has 5 heteroatoms. The van der Waals surface area contributed by atoms with Gasteiger partial charge >= 0.3 is 0 Å². The number of hydrogen-bond donors (Lipinski definition) is 1. The van der Waals surface area contributed by atoms with Crippen molar-refractivity contribution in [3.05, 3.63) is 45.7 Å². The average Bonchev–Trinajstić information content (AvgIpc) is 2.70. The van der Waals surface area contributed by atoms with E-state index < -0.39 is 0 Å². The molecule has 0 saturated carbocycles. The van der Waals surface area contributed by atoms with Crippen molar-refractivity contribution in [1.29, 1.82) is 0 Å². The molecule has 1 atom stereocenters.